The quantitative estimate of drug-likeness (QED) is 0.744. The molecule has 0 amide bonds. The summed E-state index contributed by atoms with van der Waals surface area (Å²) in [5, 5.41) is 0. The fraction of sp³-hybridized carbons (Fsp3) is 0.538. The van der Waals surface area contributed by atoms with Crippen LogP contribution in [-0.4, -0.2) is 35.5 Å². The Morgan fingerprint density at radius 2 is 2.47 bits per heavy atom. The number of aromatic nitrogens is 1. The van der Waals surface area contributed by atoms with Crippen LogP contribution in [0.3, 0.4) is 0 Å². The number of likely N-dealkylation sites (tertiary alicyclic amines) is 1. The third-order valence-corrected chi connectivity index (χ3v) is 3.31. The van der Waals surface area contributed by atoms with Crippen LogP contribution in [0.5, 0.6) is 0 Å². The zero-order chi connectivity index (χ0) is 12.3. The number of hydrogen-bond donors (Lipinski definition) is 0. The third-order valence-electron chi connectivity index (χ3n) is 3.31. The molecule has 92 valence electrons. The standard InChI is InChI=1S/C13H18N2O2/c1-10-5-3-7-14-11(10)9-15-8-4-6-12(15)13(16)17-2/h3,5,7,12H,4,6,8-9H2,1-2H3/t12-/m0/s1. The van der Waals surface area contributed by atoms with E-state index in [-0.39, 0.29) is 12.0 Å². The minimum absolute atomic E-state index is 0.0959. The van der Waals surface area contributed by atoms with E-state index in [9.17, 15) is 4.79 Å². The molecule has 1 aromatic heterocycles. The Labute approximate surface area is 102 Å². The van der Waals surface area contributed by atoms with Gasteiger partial charge in [0.1, 0.15) is 6.04 Å². The van der Waals surface area contributed by atoms with Gasteiger partial charge in [-0.2, -0.15) is 0 Å². The van der Waals surface area contributed by atoms with E-state index in [1.165, 1.54) is 12.7 Å². The number of carbonyl (C=O) groups is 1. The molecule has 0 radical (unpaired) electrons. The fourth-order valence-corrected chi connectivity index (χ4v) is 2.29. The van der Waals surface area contributed by atoms with Crippen LogP contribution in [0.1, 0.15) is 24.1 Å². The Kier molecular flexibility index (Phi) is 3.74. The van der Waals surface area contributed by atoms with Gasteiger partial charge in [-0.25, -0.2) is 0 Å². The highest BCUT2D eigenvalue weighted by Gasteiger charge is 2.31. The van der Waals surface area contributed by atoms with E-state index >= 15 is 0 Å². The molecule has 1 aromatic rings. The molecule has 0 unspecified atom stereocenters. The molecule has 0 spiro atoms. The Bertz CT molecular complexity index is 406. The largest absolute Gasteiger partial charge is 0.468 e. The second-order valence-corrected chi connectivity index (χ2v) is 4.42. The molecule has 2 rings (SSSR count). The van der Waals surface area contributed by atoms with Crippen molar-refractivity contribution in [1.82, 2.24) is 9.88 Å². The average molecular weight is 234 g/mol. The highest BCUT2D eigenvalue weighted by atomic mass is 16.5. The number of carbonyl (C=O) groups excluding carboxylic acids is 1. The van der Waals surface area contributed by atoms with Crippen molar-refractivity contribution < 1.29 is 9.53 Å². The van der Waals surface area contributed by atoms with Crippen molar-refractivity contribution in [2.45, 2.75) is 32.4 Å². The smallest absolute Gasteiger partial charge is 0.323 e. The molecule has 4 heteroatoms. The summed E-state index contributed by atoms with van der Waals surface area (Å²) in [6.07, 6.45) is 3.73. The lowest BCUT2D eigenvalue weighted by atomic mass is 10.2. The van der Waals surface area contributed by atoms with Crippen molar-refractivity contribution in [2.24, 2.45) is 0 Å². The van der Waals surface area contributed by atoms with Crippen LogP contribution in [0.2, 0.25) is 0 Å². The molecule has 0 N–H and O–H groups in total. The summed E-state index contributed by atoms with van der Waals surface area (Å²) in [5.74, 6) is -0.129. The summed E-state index contributed by atoms with van der Waals surface area (Å²) in [6.45, 7) is 3.72. The number of ether oxygens (including phenoxy) is 1. The summed E-state index contributed by atoms with van der Waals surface area (Å²) in [5.41, 5.74) is 2.21. The topological polar surface area (TPSA) is 42.4 Å². The van der Waals surface area contributed by atoms with E-state index in [0.29, 0.717) is 0 Å². The highest BCUT2D eigenvalue weighted by molar-refractivity contribution is 5.75. The van der Waals surface area contributed by atoms with Crippen LogP contribution >= 0.6 is 0 Å². The van der Waals surface area contributed by atoms with Crippen molar-refractivity contribution in [3.05, 3.63) is 29.6 Å². The second-order valence-electron chi connectivity index (χ2n) is 4.42. The van der Waals surface area contributed by atoms with Crippen molar-refractivity contribution in [2.75, 3.05) is 13.7 Å². The first kappa shape index (κ1) is 12.0. The van der Waals surface area contributed by atoms with Gasteiger partial charge in [0.05, 0.1) is 12.8 Å². The zero-order valence-corrected chi connectivity index (χ0v) is 10.3. The molecule has 1 atom stereocenters. The maximum Gasteiger partial charge on any atom is 0.323 e. The van der Waals surface area contributed by atoms with E-state index in [0.717, 1.165) is 31.6 Å². The van der Waals surface area contributed by atoms with E-state index in [1.54, 1.807) is 6.20 Å². The molecule has 1 saturated heterocycles. The summed E-state index contributed by atoms with van der Waals surface area (Å²) in [4.78, 5) is 18.1. The van der Waals surface area contributed by atoms with Gasteiger partial charge in [-0.05, 0) is 37.9 Å². The number of methoxy groups -OCH3 is 1. The van der Waals surface area contributed by atoms with Crippen molar-refractivity contribution in [3.8, 4) is 0 Å². The van der Waals surface area contributed by atoms with E-state index in [2.05, 4.69) is 9.88 Å². The number of nitrogens with zero attached hydrogens (tertiary/aromatic N) is 2. The number of aryl methyl sites for hydroxylation is 1. The van der Waals surface area contributed by atoms with Crippen LogP contribution in [0, 0.1) is 6.92 Å². The van der Waals surface area contributed by atoms with Crippen molar-refractivity contribution >= 4 is 5.97 Å². The molecule has 2 heterocycles. The summed E-state index contributed by atoms with van der Waals surface area (Å²) in [6, 6.07) is 3.88. The Morgan fingerprint density at radius 1 is 1.65 bits per heavy atom. The first-order valence-corrected chi connectivity index (χ1v) is 5.94. The van der Waals surface area contributed by atoms with Gasteiger partial charge in [-0.3, -0.25) is 14.7 Å². The number of rotatable bonds is 3. The van der Waals surface area contributed by atoms with Gasteiger partial charge in [-0.1, -0.05) is 6.07 Å². The Morgan fingerprint density at radius 3 is 3.18 bits per heavy atom. The van der Waals surface area contributed by atoms with Crippen LogP contribution in [-0.2, 0) is 16.1 Å². The Balaban J connectivity index is 2.08. The van der Waals surface area contributed by atoms with Gasteiger partial charge in [0, 0.05) is 12.7 Å². The maximum atomic E-state index is 11.6. The first-order chi connectivity index (χ1) is 8.22. The van der Waals surface area contributed by atoms with Crippen LogP contribution in [0.15, 0.2) is 18.3 Å². The summed E-state index contributed by atoms with van der Waals surface area (Å²) < 4.78 is 4.83. The Hall–Kier alpha value is -1.42. The lowest BCUT2D eigenvalue weighted by Gasteiger charge is -2.22. The number of pyridine rings is 1. The normalized spacial score (nSPS) is 20.5. The van der Waals surface area contributed by atoms with Crippen molar-refractivity contribution in [3.63, 3.8) is 0 Å². The molecule has 1 aliphatic heterocycles. The molecule has 0 aromatic carbocycles. The fourth-order valence-electron chi connectivity index (χ4n) is 2.29. The number of esters is 1. The van der Waals surface area contributed by atoms with Crippen LogP contribution in [0.4, 0.5) is 0 Å². The van der Waals surface area contributed by atoms with E-state index < -0.39 is 0 Å². The monoisotopic (exact) mass is 234 g/mol. The predicted octanol–water partition coefficient (Wildman–Crippen LogP) is 1.53. The van der Waals surface area contributed by atoms with E-state index in [4.69, 9.17) is 4.74 Å². The SMILES string of the molecule is COC(=O)[C@@H]1CCCN1Cc1ncccc1C. The van der Waals surface area contributed by atoms with Gasteiger partial charge in [0.2, 0.25) is 0 Å². The second kappa shape index (κ2) is 5.27. The predicted molar refractivity (Wildman–Crippen MR) is 64.4 cm³/mol. The maximum absolute atomic E-state index is 11.6. The van der Waals surface area contributed by atoms with Gasteiger partial charge in [0.15, 0.2) is 0 Å². The van der Waals surface area contributed by atoms with Gasteiger partial charge >= 0.3 is 5.97 Å². The molecule has 4 nitrogen and oxygen atoms in total. The minimum atomic E-state index is -0.129. The van der Waals surface area contributed by atoms with Gasteiger partial charge < -0.3 is 4.74 Å². The lowest BCUT2D eigenvalue weighted by molar-refractivity contribution is -0.146. The van der Waals surface area contributed by atoms with Gasteiger partial charge in [-0.15, -0.1) is 0 Å². The summed E-state index contributed by atoms with van der Waals surface area (Å²) in [7, 11) is 1.45. The average Bonchev–Trinajstić information content (AvgIpc) is 2.79. The molecule has 0 saturated carbocycles. The van der Waals surface area contributed by atoms with E-state index in [1.807, 2.05) is 19.1 Å². The zero-order valence-electron chi connectivity index (χ0n) is 10.3. The third kappa shape index (κ3) is 2.64. The molecular weight excluding hydrogens is 216 g/mol. The summed E-state index contributed by atoms with van der Waals surface area (Å²) >= 11 is 0. The molecule has 0 bridgehead atoms. The number of hydrogen-bond acceptors (Lipinski definition) is 4. The minimum Gasteiger partial charge on any atom is -0.468 e. The van der Waals surface area contributed by atoms with Crippen LogP contribution < -0.4 is 0 Å². The van der Waals surface area contributed by atoms with Crippen molar-refractivity contribution in [1.29, 1.82) is 0 Å². The molecule has 1 fully saturated rings. The first-order valence-electron chi connectivity index (χ1n) is 5.94. The molecule has 0 aliphatic carbocycles. The molecule has 1 aliphatic rings. The lowest BCUT2D eigenvalue weighted by Crippen LogP contribution is -2.36. The van der Waals surface area contributed by atoms with Crippen LogP contribution in [0.25, 0.3) is 0 Å². The van der Waals surface area contributed by atoms with Gasteiger partial charge in [0.25, 0.3) is 0 Å². The molecule has 17 heavy (non-hydrogen) atoms. The highest BCUT2D eigenvalue weighted by Crippen LogP contribution is 2.21. The molecular formula is C13H18N2O2.